The van der Waals surface area contributed by atoms with Gasteiger partial charge in [-0.25, -0.2) is 0 Å². The van der Waals surface area contributed by atoms with Gasteiger partial charge in [-0.1, -0.05) is 11.8 Å². The van der Waals surface area contributed by atoms with Gasteiger partial charge in [0.25, 0.3) is 5.69 Å². The first-order valence-electron chi connectivity index (χ1n) is 5.54. The third-order valence-electron chi connectivity index (χ3n) is 2.50. The number of carbonyl (C=O) groups excluding carboxylic acids is 2. The van der Waals surface area contributed by atoms with Gasteiger partial charge in [0.1, 0.15) is 5.25 Å². The summed E-state index contributed by atoms with van der Waals surface area (Å²) in [5.74, 6) is -0.833. The highest BCUT2D eigenvalue weighted by Gasteiger charge is 2.28. The Morgan fingerprint density at radius 3 is 2.65 bits per heavy atom. The summed E-state index contributed by atoms with van der Waals surface area (Å²) in [6.07, 6.45) is -0.0236. The van der Waals surface area contributed by atoms with Crippen molar-refractivity contribution in [3.63, 3.8) is 0 Å². The summed E-state index contributed by atoms with van der Waals surface area (Å²) in [6, 6.07) is 5.40. The predicted octanol–water partition coefficient (Wildman–Crippen LogP) is 0.880. The maximum Gasteiger partial charge on any atom is 0.269 e. The van der Waals surface area contributed by atoms with Crippen LogP contribution in [-0.2, 0) is 9.59 Å². The number of nitro groups is 1. The molecule has 1 heterocycles. The molecule has 1 aliphatic rings. The van der Waals surface area contributed by atoms with E-state index in [9.17, 15) is 19.7 Å². The van der Waals surface area contributed by atoms with E-state index in [1.807, 2.05) is 0 Å². The first-order valence-corrected chi connectivity index (χ1v) is 6.42. The fourth-order valence-electron chi connectivity index (χ4n) is 1.58. The Morgan fingerprint density at radius 1 is 1.45 bits per heavy atom. The molecule has 0 spiro atoms. The molecular formula is C11H10N4O4S. The topological polar surface area (TPSA) is 128 Å². The van der Waals surface area contributed by atoms with Crippen molar-refractivity contribution in [3.8, 4) is 0 Å². The highest BCUT2D eigenvalue weighted by atomic mass is 32.2. The molecule has 1 atom stereocenters. The second-order valence-corrected chi connectivity index (χ2v) is 5.17. The first kappa shape index (κ1) is 14.0. The van der Waals surface area contributed by atoms with Gasteiger partial charge >= 0.3 is 0 Å². The summed E-state index contributed by atoms with van der Waals surface area (Å²) < 4.78 is 0. The average Bonchev–Trinajstić information content (AvgIpc) is 2.38. The van der Waals surface area contributed by atoms with Gasteiger partial charge in [0.2, 0.25) is 11.8 Å². The van der Waals surface area contributed by atoms with Gasteiger partial charge in [0, 0.05) is 17.8 Å². The fourth-order valence-corrected chi connectivity index (χ4v) is 2.41. The van der Waals surface area contributed by atoms with Crippen LogP contribution in [0.4, 0.5) is 11.4 Å². The summed E-state index contributed by atoms with van der Waals surface area (Å²) in [5, 5.41) is 12.5. The van der Waals surface area contributed by atoms with E-state index < -0.39 is 22.0 Å². The molecule has 8 nitrogen and oxygen atoms in total. The lowest BCUT2D eigenvalue weighted by atomic mass is 10.2. The summed E-state index contributed by atoms with van der Waals surface area (Å²) in [6.45, 7) is 0. The molecule has 2 rings (SSSR count). The number of hydrogen-bond donors (Lipinski definition) is 2. The Bertz CT molecular complexity index is 599. The van der Waals surface area contributed by atoms with Crippen molar-refractivity contribution >= 4 is 40.1 Å². The molecule has 9 heteroatoms. The van der Waals surface area contributed by atoms with Crippen molar-refractivity contribution in [1.29, 1.82) is 0 Å². The summed E-state index contributed by atoms with van der Waals surface area (Å²) in [4.78, 5) is 36.7. The smallest absolute Gasteiger partial charge is 0.269 e. The number of hydrogen-bond acceptors (Lipinski definition) is 6. The summed E-state index contributed by atoms with van der Waals surface area (Å²) in [7, 11) is 0. The van der Waals surface area contributed by atoms with E-state index in [4.69, 9.17) is 5.73 Å². The van der Waals surface area contributed by atoms with Gasteiger partial charge in [-0.2, -0.15) is 4.99 Å². The van der Waals surface area contributed by atoms with E-state index >= 15 is 0 Å². The molecular weight excluding hydrogens is 284 g/mol. The molecule has 0 bridgehead atoms. The number of carbonyl (C=O) groups is 2. The van der Waals surface area contributed by atoms with Gasteiger partial charge in [-0.15, -0.1) is 0 Å². The number of nitrogens with two attached hydrogens (primary N) is 1. The molecule has 0 radical (unpaired) electrons. The third kappa shape index (κ3) is 3.32. The van der Waals surface area contributed by atoms with Crippen LogP contribution < -0.4 is 11.1 Å². The Kier molecular flexibility index (Phi) is 3.99. The van der Waals surface area contributed by atoms with Crippen molar-refractivity contribution in [1.82, 2.24) is 0 Å². The van der Waals surface area contributed by atoms with Crippen LogP contribution in [0.1, 0.15) is 6.42 Å². The molecule has 0 fully saturated rings. The lowest BCUT2D eigenvalue weighted by molar-refractivity contribution is -0.384. The molecule has 0 saturated heterocycles. The van der Waals surface area contributed by atoms with Crippen LogP contribution in [0.15, 0.2) is 29.3 Å². The number of nitrogens with zero attached hydrogens (tertiary/aromatic N) is 2. The van der Waals surface area contributed by atoms with Gasteiger partial charge in [-0.3, -0.25) is 19.7 Å². The van der Waals surface area contributed by atoms with E-state index in [-0.39, 0.29) is 17.3 Å². The number of anilines is 1. The van der Waals surface area contributed by atoms with Crippen molar-refractivity contribution in [2.24, 2.45) is 10.7 Å². The lowest BCUT2D eigenvalue weighted by Gasteiger charge is -2.17. The molecule has 1 aromatic carbocycles. The number of amidine groups is 1. The Labute approximate surface area is 117 Å². The van der Waals surface area contributed by atoms with Gasteiger partial charge in [-0.05, 0) is 12.1 Å². The van der Waals surface area contributed by atoms with Gasteiger partial charge in [0.05, 0.1) is 11.3 Å². The minimum absolute atomic E-state index is 0.0236. The molecule has 3 N–H and O–H groups in total. The largest absolute Gasteiger partial charge is 0.378 e. The Balaban J connectivity index is 2.03. The lowest BCUT2D eigenvalue weighted by Crippen LogP contribution is -2.33. The third-order valence-corrected chi connectivity index (χ3v) is 3.49. The van der Waals surface area contributed by atoms with Crippen LogP contribution in [0.3, 0.4) is 0 Å². The van der Waals surface area contributed by atoms with Crippen LogP contribution in [-0.4, -0.2) is 27.2 Å². The normalized spacial score (nSPS) is 18.3. The SMILES string of the molecule is NC1=NC(=O)C[C@@H](C(=O)Nc2ccc([N+](=O)[O-])cc2)S1. The zero-order valence-electron chi connectivity index (χ0n) is 10.1. The van der Waals surface area contributed by atoms with Gasteiger partial charge in [0.15, 0.2) is 5.17 Å². The number of non-ortho nitro benzene ring substituents is 1. The second kappa shape index (κ2) is 5.70. The van der Waals surface area contributed by atoms with Crippen molar-refractivity contribution in [3.05, 3.63) is 34.4 Å². The van der Waals surface area contributed by atoms with E-state index in [0.29, 0.717) is 5.69 Å². The average molecular weight is 294 g/mol. The van der Waals surface area contributed by atoms with Crippen molar-refractivity contribution in [2.75, 3.05) is 5.32 Å². The molecule has 0 unspecified atom stereocenters. The minimum Gasteiger partial charge on any atom is -0.378 e. The van der Waals surface area contributed by atoms with Crippen LogP contribution >= 0.6 is 11.8 Å². The molecule has 0 saturated carbocycles. The van der Waals surface area contributed by atoms with E-state index in [2.05, 4.69) is 10.3 Å². The van der Waals surface area contributed by atoms with E-state index in [1.54, 1.807) is 0 Å². The quantitative estimate of drug-likeness (QED) is 0.629. The monoisotopic (exact) mass is 294 g/mol. The van der Waals surface area contributed by atoms with Gasteiger partial charge < -0.3 is 11.1 Å². The molecule has 104 valence electrons. The number of aliphatic imine (C=N–C) groups is 1. The van der Waals surface area contributed by atoms with Crippen LogP contribution in [0, 0.1) is 10.1 Å². The highest BCUT2D eigenvalue weighted by Crippen LogP contribution is 2.23. The fraction of sp³-hybridized carbons (Fsp3) is 0.182. The number of rotatable bonds is 3. The number of amides is 2. The number of thioether (sulfide) groups is 1. The number of nitrogens with one attached hydrogen (secondary N) is 1. The zero-order chi connectivity index (χ0) is 14.7. The highest BCUT2D eigenvalue weighted by molar-refractivity contribution is 8.15. The predicted molar refractivity (Wildman–Crippen MR) is 74.4 cm³/mol. The molecule has 2 amide bonds. The van der Waals surface area contributed by atoms with Crippen LogP contribution in [0.5, 0.6) is 0 Å². The Morgan fingerprint density at radius 2 is 2.10 bits per heavy atom. The van der Waals surface area contributed by atoms with Crippen LogP contribution in [0.2, 0.25) is 0 Å². The molecule has 20 heavy (non-hydrogen) atoms. The minimum atomic E-state index is -0.643. The Hall–Kier alpha value is -2.42. The maximum atomic E-state index is 11.9. The maximum absolute atomic E-state index is 11.9. The van der Waals surface area contributed by atoms with E-state index in [1.165, 1.54) is 24.3 Å². The molecule has 0 aliphatic carbocycles. The summed E-state index contributed by atoms with van der Waals surface area (Å²) >= 11 is 1.01. The molecule has 0 aromatic heterocycles. The number of benzene rings is 1. The van der Waals surface area contributed by atoms with Crippen molar-refractivity contribution in [2.45, 2.75) is 11.7 Å². The van der Waals surface area contributed by atoms with E-state index in [0.717, 1.165) is 11.8 Å². The zero-order valence-corrected chi connectivity index (χ0v) is 10.9. The number of nitro benzene ring substituents is 1. The standard InChI is InChI=1S/C11H10N4O4S/c12-11-14-9(16)5-8(20-11)10(17)13-6-1-3-7(4-2-6)15(18)19/h1-4,8H,5H2,(H,13,17)(H2,12,14,16)/t8-/m0/s1. The van der Waals surface area contributed by atoms with Crippen molar-refractivity contribution < 1.29 is 14.5 Å². The molecule has 1 aromatic rings. The first-order chi connectivity index (χ1) is 9.45. The molecule has 1 aliphatic heterocycles. The summed E-state index contributed by atoms with van der Waals surface area (Å²) in [5.41, 5.74) is 5.78. The van der Waals surface area contributed by atoms with Crippen LogP contribution in [0.25, 0.3) is 0 Å². The second-order valence-electron chi connectivity index (χ2n) is 3.95.